The van der Waals surface area contributed by atoms with E-state index in [2.05, 4.69) is 10.3 Å². The second-order valence-corrected chi connectivity index (χ2v) is 5.55. The molecule has 2 heterocycles. The molecule has 0 spiro atoms. The molecule has 0 atom stereocenters. The zero-order chi connectivity index (χ0) is 14.5. The van der Waals surface area contributed by atoms with Crippen LogP contribution in [0.3, 0.4) is 0 Å². The van der Waals surface area contributed by atoms with Crippen LogP contribution in [0, 0.1) is 6.92 Å². The second kappa shape index (κ2) is 6.52. The first-order chi connectivity index (χ1) is 9.65. The van der Waals surface area contributed by atoms with Crippen molar-refractivity contribution in [1.82, 2.24) is 9.88 Å². The topological polar surface area (TPSA) is 45.2 Å². The van der Waals surface area contributed by atoms with Gasteiger partial charge in [-0.25, -0.2) is 0 Å². The molecule has 4 nitrogen and oxygen atoms in total. The molecule has 2 rings (SSSR count). The monoisotopic (exact) mass is 289 g/mol. The van der Waals surface area contributed by atoms with Crippen molar-refractivity contribution in [3.8, 4) is 0 Å². The highest BCUT2D eigenvalue weighted by Gasteiger charge is 2.18. The average Bonchev–Trinajstić information content (AvgIpc) is 2.96. The van der Waals surface area contributed by atoms with Crippen molar-refractivity contribution in [2.75, 3.05) is 18.9 Å². The van der Waals surface area contributed by atoms with Crippen LogP contribution < -0.4 is 5.32 Å². The Balaban J connectivity index is 2.24. The van der Waals surface area contributed by atoms with Gasteiger partial charge in [0, 0.05) is 30.4 Å². The Bertz CT molecular complexity index is 581. The van der Waals surface area contributed by atoms with Crippen molar-refractivity contribution >= 4 is 22.9 Å². The predicted molar refractivity (Wildman–Crippen MR) is 83.3 cm³/mol. The lowest BCUT2D eigenvalue weighted by Crippen LogP contribution is -2.30. The lowest BCUT2D eigenvalue weighted by atomic mass is 10.2. The van der Waals surface area contributed by atoms with E-state index in [-0.39, 0.29) is 5.91 Å². The van der Waals surface area contributed by atoms with Gasteiger partial charge >= 0.3 is 0 Å². The molecule has 106 valence electrons. The summed E-state index contributed by atoms with van der Waals surface area (Å²) in [4.78, 5) is 19.9. The zero-order valence-electron chi connectivity index (χ0n) is 12.0. The Morgan fingerprint density at radius 2 is 2.30 bits per heavy atom. The highest BCUT2D eigenvalue weighted by Crippen LogP contribution is 2.19. The van der Waals surface area contributed by atoms with Gasteiger partial charge in [0.2, 0.25) is 0 Å². The molecule has 2 aromatic heterocycles. The number of aryl methyl sites for hydroxylation is 1. The molecule has 0 aromatic carbocycles. The van der Waals surface area contributed by atoms with Crippen molar-refractivity contribution in [2.24, 2.45) is 0 Å². The van der Waals surface area contributed by atoms with Gasteiger partial charge in [-0.15, -0.1) is 11.3 Å². The third-order valence-electron chi connectivity index (χ3n) is 3.14. The molecular weight excluding hydrogens is 270 g/mol. The quantitative estimate of drug-likeness (QED) is 0.919. The van der Waals surface area contributed by atoms with Gasteiger partial charge in [0.1, 0.15) is 0 Å². The van der Waals surface area contributed by atoms with Gasteiger partial charge in [0.25, 0.3) is 5.91 Å². The molecule has 0 unspecified atom stereocenters. The first-order valence-electron chi connectivity index (χ1n) is 6.61. The van der Waals surface area contributed by atoms with E-state index in [9.17, 15) is 4.79 Å². The van der Waals surface area contributed by atoms with E-state index in [0.29, 0.717) is 18.7 Å². The SMILES string of the molecule is CCN(Cc1cccs1)C(=O)c1cnc(C)cc1NC. The molecule has 0 aliphatic rings. The molecule has 0 bridgehead atoms. The Hall–Kier alpha value is -1.88. The Morgan fingerprint density at radius 3 is 2.90 bits per heavy atom. The Kier molecular flexibility index (Phi) is 4.74. The number of carbonyl (C=O) groups is 1. The van der Waals surface area contributed by atoms with E-state index < -0.39 is 0 Å². The summed E-state index contributed by atoms with van der Waals surface area (Å²) in [5, 5.41) is 5.10. The molecule has 0 aliphatic carbocycles. The van der Waals surface area contributed by atoms with Crippen LogP contribution in [0.25, 0.3) is 0 Å². The summed E-state index contributed by atoms with van der Waals surface area (Å²) in [6.45, 7) is 5.22. The first kappa shape index (κ1) is 14.5. The highest BCUT2D eigenvalue weighted by atomic mass is 32.1. The van der Waals surface area contributed by atoms with Crippen LogP contribution in [0.15, 0.2) is 29.8 Å². The van der Waals surface area contributed by atoms with Crippen LogP contribution >= 0.6 is 11.3 Å². The summed E-state index contributed by atoms with van der Waals surface area (Å²) in [6.07, 6.45) is 1.65. The van der Waals surface area contributed by atoms with Crippen LogP contribution in [0.4, 0.5) is 5.69 Å². The van der Waals surface area contributed by atoms with Gasteiger partial charge in [-0.1, -0.05) is 6.07 Å². The van der Waals surface area contributed by atoms with Crippen molar-refractivity contribution < 1.29 is 4.79 Å². The normalized spacial score (nSPS) is 10.3. The third-order valence-corrected chi connectivity index (χ3v) is 4.00. The number of hydrogen-bond donors (Lipinski definition) is 1. The summed E-state index contributed by atoms with van der Waals surface area (Å²) < 4.78 is 0. The van der Waals surface area contributed by atoms with Crippen LogP contribution in [-0.2, 0) is 6.54 Å². The fraction of sp³-hybridized carbons (Fsp3) is 0.333. The Labute approximate surface area is 123 Å². The zero-order valence-corrected chi connectivity index (χ0v) is 12.8. The standard InChI is InChI=1S/C15H19N3OS/c1-4-18(10-12-6-5-7-20-12)15(19)13-9-17-11(2)8-14(13)16-3/h5-9H,4,10H2,1-3H3,(H,16,17). The summed E-state index contributed by atoms with van der Waals surface area (Å²) in [5.74, 6) is 0.0118. The van der Waals surface area contributed by atoms with Crippen molar-refractivity contribution in [3.05, 3.63) is 45.9 Å². The number of thiophene rings is 1. The number of anilines is 1. The summed E-state index contributed by atoms with van der Waals surface area (Å²) in [6, 6.07) is 5.95. The van der Waals surface area contributed by atoms with E-state index in [0.717, 1.165) is 11.4 Å². The predicted octanol–water partition coefficient (Wildman–Crippen LogP) is 3.16. The molecule has 1 amide bonds. The first-order valence-corrected chi connectivity index (χ1v) is 7.49. The summed E-state index contributed by atoms with van der Waals surface area (Å²) >= 11 is 1.67. The number of carbonyl (C=O) groups excluding carboxylic acids is 1. The van der Waals surface area contributed by atoms with E-state index in [1.165, 1.54) is 4.88 Å². The van der Waals surface area contributed by atoms with Crippen LogP contribution in [-0.4, -0.2) is 29.4 Å². The molecule has 0 radical (unpaired) electrons. The minimum atomic E-state index is 0.0118. The van der Waals surface area contributed by atoms with Gasteiger partial charge in [-0.2, -0.15) is 0 Å². The molecule has 0 saturated heterocycles. The van der Waals surface area contributed by atoms with Crippen molar-refractivity contribution in [1.29, 1.82) is 0 Å². The number of rotatable bonds is 5. The maximum atomic E-state index is 12.6. The minimum absolute atomic E-state index is 0.0118. The maximum Gasteiger partial charge on any atom is 0.257 e. The number of nitrogens with one attached hydrogen (secondary N) is 1. The van der Waals surface area contributed by atoms with Gasteiger partial charge in [0.05, 0.1) is 17.8 Å². The molecule has 2 aromatic rings. The van der Waals surface area contributed by atoms with E-state index in [1.54, 1.807) is 17.5 Å². The fourth-order valence-electron chi connectivity index (χ4n) is 2.03. The molecule has 5 heteroatoms. The molecule has 20 heavy (non-hydrogen) atoms. The van der Waals surface area contributed by atoms with Gasteiger partial charge in [-0.05, 0) is 31.4 Å². The summed E-state index contributed by atoms with van der Waals surface area (Å²) in [7, 11) is 1.82. The largest absolute Gasteiger partial charge is 0.387 e. The molecule has 1 N–H and O–H groups in total. The van der Waals surface area contributed by atoms with Crippen LogP contribution in [0.5, 0.6) is 0 Å². The average molecular weight is 289 g/mol. The third kappa shape index (κ3) is 3.17. The highest BCUT2D eigenvalue weighted by molar-refractivity contribution is 7.09. The lowest BCUT2D eigenvalue weighted by Gasteiger charge is -2.21. The maximum absolute atomic E-state index is 12.6. The van der Waals surface area contributed by atoms with E-state index in [4.69, 9.17) is 0 Å². The molecule has 0 fully saturated rings. The van der Waals surface area contributed by atoms with Crippen LogP contribution in [0.2, 0.25) is 0 Å². The van der Waals surface area contributed by atoms with Gasteiger partial charge in [-0.3, -0.25) is 9.78 Å². The molecular formula is C15H19N3OS. The number of aromatic nitrogens is 1. The molecule has 0 aliphatic heterocycles. The van der Waals surface area contributed by atoms with Crippen molar-refractivity contribution in [3.63, 3.8) is 0 Å². The van der Waals surface area contributed by atoms with E-state index >= 15 is 0 Å². The van der Waals surface area contributed by atoms with E-state index in [1.807, 2.05) is 49.4 Å². The van der Waals surface area contributed by atoms with Crippen molar-refractivity contribution in [2.45, 2.75) is 20.4 Å². The Morgan fingerprint density at radius 1 is 1.50 bits per heavy atom. The minimum Gasteiger partial charge on any atom is -0.387 e. The van der Waals surface area contributed by atoms with Gasteiger partial charge in [0.15, 0.2) is 0 Å². The number of pyridine rings is 1. The number of amides is 1. The summed E-state index contributed by atoms with van der Waals surface area (Å²) in [5.41, 5.74) is 2.34. The second-order valence-electron chi connectivity index (χ2n) is 4.52. The number of hydrogen-bond acceptors (Lipinski definition) is 4. The van der Waals surface area contributed by atoms with Gasteiger partial charge < -0.3 is 10.2 Å². The number of nitrogens with zero attached hydrogens (tertiary/aromatic N) is 2. The smallest absolute Gasteiger partial charge is 0.257 e. The van der Waals surface area contributed by atoms with Crippen LogP contribution in [0.1, 0.15) is 27.9 Å². The lowest BCUT2D eigenvalue weighted by molar-refractivity contribution is 0.0754. The molecule has 0 saturated carbocycles. The fourth-order valence-corrected chi connectivity index (χ4v) is 2.74.